The van der Waals surface area contributed by atoms with Gasteiger partial charge in [0.25, 0.3) is 5.91 Å². The maximum absolute atomic E-state index is 12.5. The molecule has 2 amide bonds. The molecule has 2 N–H and O–H groups in total. The SMILES string of the molecule is COC(=O)c1ccccc1NC(=O)c1ccc(NC(=O)CCC2CCCCC2)cc1. The van der Waals surface area contributed by atoms with Gasteiger partial charge in [0.05, 0.1) is 18.4 Å². The molecule has 158 valence electrons. The van der Waals surface area contributed by atoms with E-state index >= 15 is 0 Å². The summed E-state index contributed by atoms with van der Waals surface area (Å²) in [4.78, 5) is 36.6. The van der Waals surface area contributed by atoms with Gasteiger partial charge in [-0.15, -0.1) is 0 Å². The molecule has 2 aromatic rings. The Morgan fingerprint density at radius 2 is 1.63 bits per heavy atom. The Labute approximate surface area is 177 Å². The van der Waals surface area contributed by atoms with E-state index in [0.717, 1.165) is 6.42 Å². The molecule has 1 aliphatic carbocycles. The van der Waals surface area contributed by atoms with Crippen LogP contribution >= 0.6 is 0 Å². The number of nitrogens with one attached hydrogen (secondary N) is 2. The number of hydrogen-bond donors (Lipinski definition) is 2. The van der Waals surface area contributed by atoms with Crippen LogP contribution in [0.5, 0.6) is 0 Å². The fourth-order valence-corrected chi connectivity index (χ4v) is 3.81. The van der Waals surface area contributed by atoms with Gasteiger partial charge in [0.1, 0.15) is 0 Å². The van der Waals surface area contributed by atoms with Crippen LogP contribution in [0.4, 0.5) is 11.4 Å². The number of ether oxygens (including phenoxy) is 1. The number of para-hydroxylation sites is 1. The monoisotopic (exact) mass is 408 g/mol. The van der Waals surface area contributed by atoms with E-state index in [9.17, 15) is 14.4 Å². The fraction of sp³-hybridized carbons (Fsp3) is 0.375. The van der Waals surface area contributed by atoms with Crippen molar-refractivity contribution in [1.82, 2.24) is 0 Å². The Bertz CT molecular complexity index is 886. The van der Waals surface area contributed by atoms with Crippen molar-refractivity contribution in [3.8, 4) is 0 Å². The molecule has 0 saturated heterocycles. The molecular weight excluding hydrogens is 380 g/mol. The zero-order valence-corrected chi connectivity index (χ0v) is 17.3. The summed E-state index contributed by atoms with van der Waals surface area (Å²) < 4.78 is 4.74. The van der Waals surface area contributed by atoms with E-state index < -0.39 is 5.97 Å². The largest absolute Gasteiger partial charge is 0.465 e. The lowest BCUT2D eigenvalue weighted by molar-refractivity contribution is -0.116. The number of esters is 1. The van der Waals surface area contributed by atoms with Crippen molar-refractivity contribution in [1.29, 1.82) is 0 Å². The van der Waals surface area contributed by atoms with Crippen molar-refractivity contribution in [2.75, 3.05) is 17.7 Å². The van der Waals surface area contributed by atoms with Crippen molar-refractivity contribution in [2.45, 2.75) is 44.9 Å². The van der Waals surface area contributed by atoms with E-state index in [1.807, 2.05) is 0 Å². The molecule has 0 radical (unpaired) electrons. The maximum atomic E-state index is 12.5. The third kappa shape index (κ3) is 5.92. The molecule has 2 aromatic carbocycles. The van der Waals surface area contributed by atoms with Gasteiger partial charge in [-0.25, -0.2) is 4.79 Å². The molecule has 6 nitrogen and oxygen atoms in total. The highest BCUT2D eigenvalue weighted by atomic mass is 16.5. The predicted octanol–water partition coefficient (Wildman–Crippen LogP) is 5.02. The highest BCUT2D eigenvalue weighted by Crippen LogP contribution is 2.27. The predicted molar refractivity (Wildman–Crippen MR) is 117 cm³/mol. The lowest BCUT2D eigenvalue weighted by Crippen LogP contribution is -2.16. The maximum Gasteiger partial charge on any atom is 0.339 e. The first kappa shape index (κ1) is 21.6. The van der Waals surface area contributed by atoms with Crippen molar-refractivity contribution in [3.63, 3.8) is 0 Å². The second kappa shape index (κ2) is 10.6. The first-order valence-corrected chi connectivity index (χ1v) is 10.5. The molecule has 1 fully saturated rings. The van der Waals surface area contributed by atoms with Crippen LogP contribution < -0.4 is 10.6 Å². The summed E-state index contributed by atoms with van der Waals surface area (Å²) in [5.74, 6) is -0.188. The van der Waals surface area contributed by atoms with Crippen LogP contribution in [-0.4, -0.2) is 24.9 Å². The minimum absolute atomic E-state index is 0.00443. The summed E-state index contributed by atoms with van der Waals surface area (Å²) in [6.07, 6.45) is 7.80. The van der Waals surface area contributed by atoms with Crippen LogP contribution in [0.25, 0.3) is 0 Å². The molecule has 0 atom stereocenters. The average molecular weight is 408 g/mol. The van der Waals surface area contributed by atoms with Gasteiger partial charge in [-0.05, 0) is 48.7 Å². The number of methoxy groups -OCH3 is 1. The normalized spacial score (nSPS) is 14.0. The second-order valence-electron chi connectivity index (χ2n) is 7.66. The van der Waals surface area contributed by atoms with E-state index in [2.05, 4.69) is 10.6 Å². The summed E-state index contributed by atoms with van der Waals surface area (Å²) in [5, 5.41) is 5.63. The highest BCUT2D eigenvalue weighted by Gasteiger charge is 2.16. The number of carbonyl (C=O) groups is 3. The van der Waals surface area contributed by atoms with Crippen LogP contribution in [0.2, 0.25) is 0 Å². The summed E-state index contributed by atoms with van der Waals surface area (Å²) in [7, 11) is 1.29. The van der Waals surface area contributed by atoms with Crippen LogP contribution in [0.15, 0.2) is 48.5 Å². The number of anilines is 2. The summed E-state index contributed by atoms with van der Waals surface area (Å²) in [6, 6.07) is 13.4. The lowest BCUT2D eigenvalue weighted by atomic mass is 9.86. The van der Waals surface area contributed by atoms with Crippen LogP contribution in [0, 0.1) is 5.92 Å². The van der Waals surface area contributed by atoms with Crippen LogP contribution in [0.1, 0.15) is 65.7 Å². The molecule has 0 heterocycles. The minimum atomic E-state index is -0.516. The molecule has 0 aromatic heterocycles. The standard InChI is InChI=1S/C24H28N2O4/c1-30-24(29)20-9-5-6-10-21(20)26-23(28)18-12-14-19(15-13-18)25-22(27)16-11-17-7-3-2-4-8-17/h5-6,9-10,12-15,17H,2-4,7-8,11,16H2,1H3,(H,25,27)(H,26,28). The highest BCUT2D eigenvalue weighted by molar-refractivity contribution is 6.08. The van der Waals surface area contributed by atoms with Gasteiger partial charge in [0.2, 0.25) is 5.91 Å². The molecule has 1 saturated carbocycles. The molecular formula is C24H28N2O4. The van der Waals surface area contributed by atoms with Crippen molar-refractivity contribution >= 4 is 29.2 Å². The van der Waals surface area contributed by atoms with E-state index in [-0.39, 0.29) is 17.4 Å². The second-order valence-corrected chi connectivity index (χ2v) is 7.66. The smallest absolute Gasteiger partial charge is 0.339 e. The molecule has 0 bridgehead atoms. The van der Waals surface area contributed by atoms with Crippen molar-refractivity contribution < 1.29 is 19.1 Å². The summed E-state index contributed by atoms with van der Waals surface area (Å²) >= 11 is 0. The zero-order chi connectivity index (χ0) is 21.3. The van der Waals surface area contributed by atoms with Gasteiger partial charge in [0.15, 0.2) is 0 Å². The number of hydrogen-bond acceptors (Lipinski definition) is 4. The van der Waals surface area contributed by atoms with E-state index in [4.69, 9.17) is 4.74 Å². The topological polar surface area (TPSA) is 84.5 Å². The molecule has 30 heavy (non-hydrogen) atoms. The van der Waals surface area contributed by atoms with Gasteiger partial charge in [-0.2, -0.15) is 0 Å². The summed E-state index contributed by atoms with van der Waals surface area (Å²) in [5.41, 5.74) is 1.76. The first-order chi connectivity index (χ1) is 14.6. The van der Waals surface area contributed by atoms with Gasteiger partial charge in [-0.1, -0.05) is 44.2 Å². The Morgan fingerprint density at radius 3 is 2.33 bits per heavy atom. The third-order valence-electron chi connectivity index (χ3n) is 5.52. The summed E-state index contributed by atoms with van der Waals surface area (Å²) in [6.45, 7) is 0. The van der Waals surface area contributed by atoms with Crippen molar-refractivity contribution in [3.05, 3.63) is 59.7 Å². The number of carbonyl (C=O) groups excluding carboxylic acids is 3. The first-order valence-electron chi connectivity index (χ1n) is 10.5. The molecule has 0 aliphatic heterocycles. The quantitative estimate of drug-likeness (QED) is 0.630. The Hall–Kier alpha value is -3.15. The van der Waals surface area contributed by atoms with Gasteiger partial charge < -0.3 is 15.4 Å². The average Bonchev–Trinajstić information content (AvgIpc) is 2.78. The van der Waals surface area contributed by atoms with E-state index in [1.165, 1.54) is 39.2 Å². The Morgan fingerprint density at radius 1 is 0.933 bits per heavy atom. The van der Waals surface area contributed by atoms with Gasteiger partial charge >= 0.3 is 5.97 Å². The molecule has 0 spiro atoms. The molecule has 6 heteroatoms. The number of benzene rings is 2. The van der Waals surface area contributed by atoms with Crippen molar-refractivity contribution in [2.24, 2.45) is 5.92 Å². The van der Waals surface area contributed by atoms with Gasteiger partial charge in [-0.3, -0.25) is 9.59 Å². The molecule has 0 unspecified atom stereocenters. The number of rotatable bonds is 7. The van der Waals surface area contributed by atoms with Gasteiger partial charge in [0, 0.05) is 17.7 Å². The Balaban J connectivity index is 1.54. The third-order valence-corrected chi connectivity index (χ3v) is 5.52. The van der Waals surface area contributed by atoms with E-state index in [0.29, 0.717) is 29.3 Å². The fourth-order valence-electron chi connectivity index (χ4n) is 3.81. The minimum Gasteiger partial charge on any atom is -0.465 e. The Kier molecular flexibility index (Phi) is 7.60. The zero-order valence-electron chi connectivity index (χ0n) is 17.3. The molecule has 1 aliphatic rings. The van der Waals surface area contributed by atoms with Crippen LogP contribution in [0.3, 0.4) is 0 Å². The molecule has 3 rings (SSSR count). The van der Waals surface area contributed by atoms with Crippen LogP contribution in [-0.2, 0) is 9.53 Å². The number of amides is 2. The lowest BCUT2D eigenvalue weighted by Gasteiger charge is -2.21. The van der Waals surface area contributed by atoms with E-state index in [1.54, 1.807) is 48.5 Å².